The van der Waals surface area contributed by atoms with Crippen LogP contribution in [0.25, 0.3) is 0 Å². The Hall–Kier alpha value is -1.22. The van der Waals surface area contributed by atoms with Gasteiger partial charge in [0.2, 0.25) is 9.84 Å². The Morgan fingerprint density at radius 1 is 1.00 bits per heavy atom. The van der Waals surface area contributed by atoms with Crippen LogP contribution in [0.3, 0.4) is 0 Å². The van der Waals surface area contributed by atoms with Crippen LogP contribution in [0.5, 0.6) is 11.5 Å². The average Bonchev–Trinajstić information content (AvgIpc) is 2.71. The van der Waals surface area contributed by atoms with E-state index in [4.69, 9.17) is 49.4 Å². The number of aliphatic hydroxyl groups excluding tert-OH is 2. The minimum Gasteiger partial charge on any atom is -0.491 e. The second-order valence-electron chi connectivity index (χ2n) is 6.41. The summed E-state index contributed by atoms with van der Waals surface area (Å²) in [5, 5.41) is 18.2. The molecule has 2 aromatic carbocycles. The van der Waals surface area contributed by atoms with E-state index in [0.29, 0.717) is 18.2 Å². The lowest BCUT2D eigenvalue weighted by molar-refractivity contribution is 0.0536. The number of hydrogen-bond acceptors (Lipinski definition) is 6. The predicted molar refractivity (Wildman–Crippen MR) is 112 cm³/mol. The molecular weight excluding hydrogens is 463 g/mol. The summed E-state index contributed by atoms with van der Waals surface area (Å²) >= 11 is 18.1. The fourth-order valence-electron chi connectivity index (χ4n) is 2.20. The smallest absolute Gasteiger partial charge is 0.206 e. The maximum Gasteiger partial charge on any atom is 0.206 e. The van der Waals surface area contributed by atoms with Gasteiger partial charge in [-0.25, -0.2) is 8.42 Å². The van der Waals surface area contributed by atoms with Crippen molar-refractivity contribution in [3.05, 3.63) is 46.4 Å². The third-order valence-corrected chi connectivity index (χ3v) is 6.68. The highest BCUT2D eigenvalue weighted by Crippen LogP contribution is 2.37. The molecule has 0 radical (unpaired) electrons. The number of alkyl halides is 1. The summed E-state index contributed by atoms with van der Waals surface area (Å²) in [5.74, 6) is 1.03. The summed E-state index contributed by atoms with van der Waals surface area (Å²) in [7, 11) is -3.88. The summed E-state index contributed by atoms with van der Waals surface area (Å²) in [6.07, 6.45) is -1.02. The van der Waals surface area contributed by atoms with Crippen LogP contribution in [0, 0.1) is 5.92 Å². The number of halogens is 3. The molecule has 0 aliphatic rings. The highest BCUT2D eigenvalue weighted by atomic mass is 35.5. The van der Waals surface area contributed by atoms with E-state index in [0.717, 1.165) is 0 Å². The van der Waals surface area contributed by atoms with Crippen LogP contribution in [0.15, 0.2) is 46.2 Å². The lowest BCUT2D eigenvalue weighted by Crippen LogP contribution is -2.21. The van der Waals surface area contributed by atoms with Crippen molar-refractivity contribution in [1.82, 2.24) is 0 Å². The minimum atomic E-state index is -3.88. The Kier molecular flexibility index (Phi) is 8.88. The zero-order valence-corrected chi connectivity index (χ0v) is 18.6. The summed E-state index contributed by atoms with van der Waals surface area (Å²) < 4.78 is 36.6. The molecule has 2 N–H and O–H groups in total. The second kappa shape index (κ2) is 10.7. The van der Waals surface area contributed by atoms with Crippen molar-refractivity contribution in [2.75, 3.05) is 25.7 Å². The molecule has 0 aliphatic carbocycles. The first-order valence-electron chi connectivity index (χ1n) is 8.63. The second-order valence-corrected chi connectivity index (χ2v) is 9.48. The summed E-state index contributed by atoms with van der Waals surface area (Å²) in [5.41, 5.74) is 0. The molecule has 0 unspecified atom stereocenters. The summed E-state index contributed by atoms with van der Waals surface area (Å²) in [4.78, 5) is -0.0567. The lowest BCUT2D eigenvalue weighted by Gasteiger charge is -2.14. The lowest BCUT2D eigenvalue weighted by atomic mass is 10.2. The zero-order chi connectivity index (χ0) is 21.6. The van der Waals surface area contributed by atoms with E-state index in [9.17, 15) is 13.5 Å². The molecule has 0 fully saturated rings. The fourth-order valence-corrected chi connectivity index (χ4v) is 4.32. The number of aliphatic hydroxyl groups is 2. The number of ether oxygens (including phenoxy) is 2. The summed E-state index contributed by atoms with van der Waals surface area (Å²) in [6.45, 7) is 1.64. The molecule has 6 nitrogen and oxygen atoms in total. The van der Waals surface area contributed by atoms with Gasteiger partial charge in [0, 0.05) is 11.8 Å². The number of rotatable bonds is 10. The van der Waals surface area contributed by atoms with Gasteiger partial charge in [-0.3, -0.25) is 0 Å². The molecule has 0 saturated carbocycles. The van der Waals surface area contributed by atoms with E-state index in [1.807, 2.05) is 6.92 Å². The Balaban J connectivity index is 2.22. The van der Waals surface area contributed by atoms with E-state index in [1.165, 1.54) is 36.4 Å². The molecule has 0 aliphatic heterocycles. The molecule has 29 heavy (non-hydrogen) atoms. The van der Waals surface area contributed by atoms with Crippen molar-refractivity contribution >= 4 is 44.6 Å². The van der Waals surface area contributed by atoms with Crippen molar-refractivity contribution in [2.24, 2.45) is 5.92 Å². The molecule has 0 heterocycles. The van der Waals surface area contributed by atoms with Gasteiger partial charge in [-0.2, -0.15) is 0 Å². The third-order valence-electron chi connectivity index (χ3n) is 3.84. The molecule has 10 heteroatoms. The SMILES string of the molecule is C[C@@H](CCl)COc1c(Cl)cc(S(=O)(=O)c2ccc(OC[C@H](O)CO)cc2)cc1Cl. The molecule has 0 bridgehead atoms. The van der Waals surface area contributed by atoms with Gasteiger partial charge in [0.15, 0.2) is 5.75 Å². The molecule has 0 aromatic heterocycles. The quantitative estimate of drug-likeness (QED) is 0.499. The summed E-state index contributed by atoms with van der Waals surface area (Å²) in [6, 6.07) is 8.20. The van der Waals surface area contributed by atoms with Crippen LogP contribution < -0.4 is 9.47 Å². The van der Waals surface area contributed by atoms with Gasteiger partial charge in [0.05, 0.1) is 33.0 Å². The van der Waals surface area contributed by atoms with E-state index < -0.39 is 22.5 Å². The number of sulfone groups is 1. The van der Waals surface area contributed by atoms with Gasteiger partial charge in [-0.15, -0.1) is 11.6 Å². The van der Waals surface area contributed by atoms with E-state index in [-0.39, 0.29) is 38.1 Å². The molecule has 2 rings (SSSR count). The van der Waals surface area contributed by atoms with Crippen molar-refractivity contribution in [3.8, 4) is 11.5 Å². The standard InChI is InChI=1S/C19H21Cl3O6S/c1-12(8-20)10-28-19-17(21)6-16(7-18(19)22)29(25,26)15-4-2-14(3-5-15)27-11-13(24)9-23/h2-7,12-13,23-24H,8-11H2,1H3/t12-,13+/m0/s1. The zero-order valence-electron chi connectivity index (χ0n) is 15.5. The van der Waals surface area contributed by atoms with Crippen LogP contribution in [-0.2, 0) is 9.84 Å². The molecule has 160 valence electrons. The van der Waals surface area contributed by atoms with Gasteiger partial charge in [0.25, 0.3) is 0 Å². The topological polar surface area (TPSA) is 93.1 Å². The van der Waals surface area contributed by atoms with Crippen LogP contribution in [0.4, 0.5) is 0 Å². The van der Waals surface area contributed by atoms with Crippen LogP contribution >= 0.6 is 34.8 Å². The van der Waals surface area contributed by atoms with Gasteiger partial charge in [-0.05, 0) is 36.4 Å². The Morgan fingerprint density at radius 2 is 1.59 bits per heavy atom. The molecule has 2 aromatic rings. The van der Waals surface area contributed by atoms with E-state index >= 15 is 0 Å². The molecule has 0 spiro atoms. The Bertz CT molecular complexity index is 895. The van der Waals surface area contributed by atoms with Crippen LogP contribution in [0.1, 0.15) is 6.92 Å². The molecule has 0 saturated heterocycles. The normalized spacial score (nSPS) is 13.7. The van der Waals surface area contributed by atoms with Gasteiger partial charge in [-0.1, -0.05) is 30.1 Å². The van der Waals surface area contributed by atoms with Gasteiger partial charge < -0.3 is 19.7 Å². The van der Waals surface area contributed by atoms with Crippen molar-refractivity contribution < 1.29 is 28.1 Å². The van der Waals surface area contributed by atoms with Crippen molar-refractivity contribution in [3.63, 3.8) is 0 Å². The minimum absolute atomic E-state index is 0.0177. The fraction of sp³-hybridized carbons (Fsp3) is 0.368. The maximum absolute atomic E-state index is 12.9. The first-order chi connectivity index (χ1) is 13.7. The molecule has 2 atom stereocenters. The Morgan fingerprint density at radius 3 is 2.10 bits per heavy atom. The third kappa shape index (κ3) is 6.38. The van der Waals surface area contributed by atoms with Crippen LogP contribution in [-0.4, -0.2) is 50.4 Å². The number of hydrogen-bond donors (Lipinski definition) is 2. The van der Waals surface area contributed by atoms with E-state index in [1.54, 1.807) is 0 Å². The van der Waals surface area contributed by atoms with Crippen LogP contribution in [0.2, 0.25) is 10.0 Å². The highest BCUT2D eigenvalue weighted by molar-refractivity contribution is 7.91. The van der Waals surface area contributed by atoms with Gasteiger partial charge >= 0.3 is 0 Å². The highest BCUT2D eigenvalue weighted by Gasteiger charge is 2.22. The molecule has 0 amide bonds. The first-order valence-corrected chi connectivity index (χ1v) is 11.4. The number of benzene rings is 2. The molecular formula is C19H21Cl3O6S. The van der Waals surface area contributed by atoms with Crippen molar-refractivity contribution in [2.45, 2.75) is 22.8 Å². The van der Waals surface area contributed by atoms with E-state index in [2.05, 4.69) is 0 Å². The Labute approximate surface area is 184 Å². The predicted octanol–water partition coefficient (Wildman–Crippen LogP) is 3.81. The first kappa shape index (κ1) is 24.1. The van der Waals surface area contributed by atoms with Gasteiger partial charge in [0.1, 0.15) is 18.5 Å². The monoisotopic (exact) mass is 482 g/mol. The maximum atomic E-state index is 12.9. The van der Waals surface area contributed by atoms with Crippen molar-refractivity contribution in [1.29, 1.82) is 0 Å². The largest absolute Gasteiger partial charge is 0.491 e. The average molecular weight is 484 g/mol.